The van der Waals surface area contributed by atoms with Gasteiger partial charge in [-0.3, -0.25) is 15.3 Å². The summed E-state index contributed by atoms with van der Waals surface area (Å²) in [7, 11) is 0.226. The van der Waals surface area contributed by atoms with E-state index in [0.717, 1.165) is 29.5 Å². The number of nitrogens with one attached hydrogen (secondary N) is 3. The minimum absolute atomic E-state index is 0. The molecule has 0 amide bonds. The number of alkyl halides is 1. The minimum Gasteiger partial charge on any atom is -0.870 e. The number of carbonyl (C=O) groups is 1. The smallest absolute Gasteiger partial charge is 0.870 e. The van der Waals surface area contributed by atoms with Gasteiger partial charge in [-0.2, -0.15) is 5.10 Å². The summed E-state index contributed by atoms with van der Waals surface area (Å²) in [5.74, 6) is 1.07. The first kappa shape index (κ1) is 49.7. The van der Waals surface area contributed by atoms with Gasteiger partial charge < -0.3 is 30.7 Å². The van der Waals surface area contributed by atoms with E-state index in [1.807, 2.05) is 0 Å². The van der Waals surface area contributed by atoms with E-state index in [1.165, 1.54) is 77.5 Å². The number of aromatic amines is 3. The fourth-order valence-corrected chi connectivity index (χ4v) is 9.48. The van der Waals surface area contributed by atoms with Crippen LogP contribution in [0.15, 0.2) is 25.2 Å². The molecule has 49 heavy (non-hydrogen) atoms. The second kappa shape index (κ2) is 28.2. The van der Waals surface area contributed by atoms with Crippen molar-refractivity contribution < 1.29 is 81.2 Å². The molecule has 0 fully saturated rings. The van der Waals surface area contributed by atoms with Crippen LogP contribution in [0.5, 0.6) is 11.5 Å². The molecule has 0 saturated carbocycles. The van der Waals surface area contributed by atoms with Gasteiger partial charge >= 0.3 is 64.5 Å². The van der Waals surface area contributed by atoms with Gasteiger partial charge in [-0.05, 0) is 67.5 Å². The number of thioether (sulfide) groups is 3. The number of rotatable bonds is 11. The molecular weight excluding hydrogens is 901 g/mol. The van der Waals surface area contributed by atoms with Crippen LogP contribution in [-0.2, 0) is 6.42 Å². The Morgan fingerprint density at radius 3 is 2.20 bits per heavy atom. The van der Waals surface area contributed by atoms with Crippen molar-refractivity contribution in [1.82, 2.24) is 30.6 Å². The van der Waals surface area contributed by atoms with Gasteiger partial charge in [0, 0.05) is 23.4 Å². The van der Waals surface area contributed by atoms with E-state index in [9.17, 15) is 14.9 Å². The van der Waals surface area contributed by atoms with Gasteiger partial charge in [0.25, 0.3) is 0 Å². The summed E-state index contributed by atoms with van der Waals surface area (Å²) in [5.41, 5.74) is 6.10. The number of nitrogens with two attached hydrogens (primary N) is 1. The summed E-state index contributed by atoms with van der Waals surface area (Å²) in [5, 5.41) is 40.9. The first-order valence-corrected chi connectivity index (χ1v) is 21.3. The van der Waals surface area contributed by atoms with E-state index >= 15 is 0 Å². The zero-order chi connectivity index (χ0) is 34.8. The van der Waals surface area contributed by atoms with Crippen molar-refractivity contribution in [2.45, 2.75) is 51.3 Å². The topological polar surface area (TPSA) is 218 Å². The number of methoxy groups -OCH3 is 1. The SMILES string of the molecule is CCCBr.CCCSc1n[nH]c(=S)s1.COc1ccc2c(c1C(=O)O)OB(O)[C@@H](Sc1nnc(SCCN)s1)C2.S=c1[nH][nH]c(=S)s1.[K+].[OH-]. The van der Waals surface area contributed by atoms with Crippen LogP contribution in [0.2, 0.25) is 0 Å². The number of aromatic carboxylic acids is 1. The van der Waals surface area contributed by atoms with Crippen LogP contribution in [-0.4, -0.2) is 94.9 Å². The molecule has 1 aromatic carbocycles. The molecule has 5 rings (SSSR count). The van der Waals surface area contributed by atoms with Gasteiger partial charge in [0.1, 0.15) is 17.1 Å². The minimum atomic E-state index is -1.17. The Morgan fingerprint density at radius 2 is 1.71 bits per heavy atom. The van der Waals surface area contributed by atoms with Crippen LogP contribution >= 0.6 is 122 Å². The zero-order valence-corrected chi connectivity index (χ0v) is 38.9. The van der Waals surface area contributed by atoms with E-state index in [4.69, 9.17) is 51.8 Å². The molecule has 4 heterocycles. The van der Waals surface area contributed by atoms with E-state index in [-0.39, 0.29) is 79.1 Å². The first-order valence-electron chi connectivity index (χ1n) is 13.7. The predicted molar refractivity (Wildman–Crippen MR) is 211 cm³/mol. The summed E-state index contributed by atoms with van der Waals surface area (Å²) in [4.78, 5) is 11.5. The second-order valence-corrected chi connectivity index (χ2v) is 18.6. The number of hydrogen-bond acceptors (Lipinski definition) is 18. The average Bonchev–Trinajstić information content (AvgIpc) is 3.80. The Hall–Kier alpha value is 0.741. The average molecular weight is 935 g/mol. The van der Waals surface area contributed by atoms with Crippen molar-refractivity contribution in [3.8, 4) is 11.5 Å². The number of carboxylic acids is 1. The number of halogens is 1. The Labute approximate surface area is 375 Å². The number of H-pyrrole nitrogens is 3. The number of benzene rings is 1. The van der Waals surface area contributed by atoms with E-state index in [0.29, 0.717) is 30.8 Å². The molecule has 1 aliphatic rings. The molecule has 0 unspecified atom stereocenters. The molecule has 25 heteroatoms. The molecule has 0 bridgehead atoms. The molecule has 8 N–H and O–H groups in total. The molecule has 13 nitrogen and oxygen atoms in total. The summed E-state index contributed by atoms with van der Waals surface area (Å²) < 4.78 is 15.4. The van der Waals surface area contributed by atoms with Gasteiger partial charge in [-0.1, -0.05) is 105 Å². The molecule has 1 atom stereocenters. The molecule has 0 radical (unpaired) electrons. The maximum absolute atomic E-state index is 11.5. The first-order chi connectivity index (χ1) is 22.6. The number of fused-ring (bicyclic) bond motifs is 1. The van der Waals surface area contributed by atoms with E-state index < -0.39 is 13.1 Å². The van der Waals surface area contributed by atoms with Crippen molar-refractivity contribution in [2.75, 3.05) is 30.5 Å². The third kappa shape index (κ3) is 18.6. The van der Waals surface area contributed by atoms with Gasteiger partial charge in [0.05, 0.1) is 12.3 Å². The van der Waals surface area contributed by atoms with Gasteiger partial charge in [0.2, 0.25) is 0 Å². The molecular formula is C24H34BBrKN7O6S9. The third-order valence-corrected chi connectivity index (χ3v) is 13.0. The maximum atomic E-state index is 11.5. The van der Waals surface area contributed by atoms with Crippen LogP contribution in [0.1, 0.15) is 42.6 Å². The standard InChI is InChI=1S/C14H16BN3O5S3.C5H8N2S3.C3H7Br.C2H2N2S3.K.H2O/c1-22-8-3-2-7-6-9(15(21)23-11(7)10(8)12(19)20)25-14-18-17-13(26-14)24-5-4-16;1-2-3-9-5-7-6-4(8)10-5;1-2-3-4;5-1-3-4-2(6)7-1;;/h2-3,9,21H,4-6,16H2,1H3,(H,19,20);2-3H2,1H3,(H,6,8);2-3H2,1H3;(H,3,5)(H,4,6);;1H2/q;;;;+1;/p-1/t9-;;;;;/m0...../s1. The van der Waals surface area contributed by atoms with Gasteiger partial charge in [-0.25, -0.2) is 4.79 Å². The summed E-state index contributed by atoms with van der Waals surface area (Å²) in [6, 6.07) is 3.35. The Bertz CT molecular complexity index is 1660. The Balaban J connectivity index is 0.000000819. The molecule has 0 spiro atoms. The molecule has 0 aliphatic carbocycles. The van der Waals surface area contributed by atoms with E-state index in [2.05, 4.69) is 60.4 Å². The van der Waals surface area contributed by atoms with Crippen molar-refractivity contribution in [2.24, 2.45) is 5.73 Å². The molecule has 1 aliphatic heterocycles. The molecule has 266 valence electrons. The predicted octanol–water partition coefficient (Wildman–Crippen LogP) is 4.60. The quantitative estimate of drug-likeness (QED) is 0.0525. The number of ether oxygens (including phenoxy) is 1. The van der Waals surface area contributed by atoms with Crippen LogP contribution in [0.3, 0.4) is 0 Å². The fourth-order valence-electron chi connectivity index (χ4n) is 3.17. The molecule has 3 aromatic heterocycles. The van der Waals surface area contributed by atoms with E-state index in [1.54, 1.807) is 23.9 Å². The summed E-state index contributed by atoms with van der Waals surface area (Å²) in [6.45, 7) is 4.85. The van der Waals surface area contributed by atoms with Crippen molar-refractivity contribution in [3.05, 3.63) is 35.1 Å². The monoisotopic (exact) mass is 933 g/mol. The number of nitrogens with zero attached hydrogens (tertiary/aromatic N) is 3. The summed E-state index contributed by atoms with van der Waals surface area (Å²) in [6.07, 6.45) is 2.85. The number of carboxylic acid groups (broad SMARTS) is 1. The normalized spacial score (nSPS) is 12.5. The van der Waals surface area contributed by atoms with Crippen LogP contribution in [0, 0.1) is 11.9 Å². The van der Waals surface area contributed by atoms with Crippen LogP contribution in [0.4, 0.5) is 0 Å². The van der Waals surface area contributed by atoms with Crippen molar-refractivity contribution in [1.29, 1.82) is 0 Å². The molecule has 0 saturated heterocycles. The number of aromatic nitrogens is 6. The Morgan fingerprint density at radius 1 is 1.08 bits per heavy atom. The maximum Gasteiger partial charge on any atom is 1.00 e. The van der Waals surface area contributed by atoms with Crippen LogP contribution < -0.4 is 66.5 Å². The number of hydrogen-bond donors (Lipinski definition) is 6. The van der Waals surface area contributed by atoms with Crippen LogP contribution in [0.25, 0.3) is 0 Å². The third-order valence-electron chi connectivity index (χ3n) is 5.09. The summed E-state index contributed by atoms with van der Waals surface area (Å²) >= 11 is 26.5. The largest absolute Gasteiger partial charge is 1.00 e. The fraction of sp³-hybridized carbons (Fsp3) is 0.458. The molecule has 4 aromatic rings. The van der Waals surface area contributed by atoms with Crippen molar-refractivity contribution >= 4 is 135 Å². The zero-order valence-electron chi connectivity index (χ0n) is 26.8. The van der Waals surface area contributed by atoms with Gasteiger partial charge in [-0.15, -0.1) is 10.2 Å². The Kier molecular flexibility index (Phi) is 28.6. The second-order valence-electron chi connectivity index (χ2n) is 8.62. The van der Waals surface area contributed by atoms with Gasteiger partial charge in [0.15, 0.2) is 24.9 Å². The van der Waals surface area contributed by atoms with Crippen molar-refractivity contribution in [3.63, 3.8) is 0 Å².